The number of rotatable bonds is 8. The van der Waals surface area contributed by atoms with Gasteiger partial charge in [0.05, 0.1) is 18.8 Å². The molecule has 2 nitrogen and oxygen atoms in total. The zero-order chi connectivity index (χ0) is 17.6. The van der Waals surface area contributed by atoms with Gasteiger partial charge >= 0.3 is 5.25 Å². The number of benzene rings is 2. The van der Waals surface area contributed by atoms with Crippen LogP contribution in [0.3, 0.4) is 0 Å². The summed E-state index contributed by atoms with van der Waals surface area (Å²) in [7, 11) is 0. The Morgan fingerprint density at radius 2 is 1.71 bits per heavy atom. The maximum absolute atomic E-state index is 13.8. The molecule has 2 rings (SSSR count). The highest BCUT2D eigenvalue weighted by Crippen LogP contribution is 2.33. The molecule has 0 atom stereocenters. The lowest BCUT2D eigenvalue weighted by Gasteiger charge is -2.15. The number of ether oxygens (including phenoxy) is 1. The van der Waals surface area contributed by atoms with Gasteiger partial charge in [0, 0.05) is 5.75 Å². The van der Waals surface area contributed by atoms with Crippen LogP contribution in [0.5, 0.6) is 0 Å². The maximum Gasteiger partial charge on any atom is 0.356 e. The Labute approximate surface area is 140 Å². The first kappa shape index (κ1) is 18.5. The van der Waals surface area contributed by atoms with Gasteiger partial charge in [-0.2, -0.15) is 8.78 Å². The van der Waals surface area contributed by atoms with E-state index in [0.29, 0.717) is 5.56 Å². The van der Waals surface area contributed by atoms with E-state index in [1.165, 1.54) is 36.4 Å². The Bertz CT molecular complexity index is 689. The first-order valence-corrected chi connectivity index (χ1v) is 8.02. The van der Waals surface area contributed by atoms with Crippen LogP contribution in [0.4, 0.5) is 17.6 Å². The summed E-state index contributed by atoms with van der Waals surface area (Å²) in [6.07, 6.45) is 0. The lowest BCUT2D eigenvalue weighted by atomic mass is 10.1. The summed E-state index contributed by atoms with van der Waals surface area (Å²) in [5.41, 5.74) is 0.0674. The number of carbonyl (C=O) groups is 1. The fourth-order valence-corrected chi connectivity index (χ4v) is 2.57. The van der Waals surface area contributed by atoms with Crippen molar-refractivity contribution >= 4 is 17.5 Å². The summed E-state index contributed by atoms with van der Waals surface area (Å²) in [5, 5.41) is -3.73. The fourth-order valence-electron chi connectivity index (χ4n) is 1.87. The third-order valence-electron chi connectivity index (χ3n) is 3.08. The minimum absolute atomic E-state index is 0.0256. The smallest absolute Gasteiger partial charge is 0.356 e. The van der Waals surface area contributed by atoms with Crippen LogP contribution in [0.1, 0.15) is 15.9 Å². The van der Waals surface area contributed by atoms with Gasteiger partial charge in [0.1, 0.15) is 11.6 Å². The van der Waals surface area contributed by atoms with Gasteiger partial charge < -0.3 is 4.74 Å². The standard InChI is InChI=1S/C17H14F4O2S/c18-13-7-5-12(6-8-13)11-23-9-10-24-17(20,21)16(22)14-3-1-2-4-15(14)19/h1-8H,9-11H2. The Morgan fingerprint density at radius 3 is 2.38 bits per heavy atom. The lowest BCUT2D eigenvalue weighted by Crippen LogP contribution is -2.26. The molecule has 0 spiro atoms. The van der Waals surface area contributed by atoms with Crippen molar-refractivity contribution in [1.82, 2.24) is 0 Å². The normalized spacial score (nSPS) is 11.5. The van der Waals surface area contributed by atoms with Gasteiger partial charge in [0.15, 0.2) is 0 Å². The molecular weight excluding hydrogens is 344 g/mol. The van der Waals surface area contributed by atoms with Crippen LogP contribution in [-0.2, 0) is 11.3 Å². The molecule has 0 aromatic heterocycles. The molecule has 0 radical (unpaired) electrons. The van der Waals surface area contributed by atoms with Gasteiger partial charge in [0.2, 0.25) is 5.78 Å². The van der Waals surface area contributed by atoms with Crippen molar-refractivity contribution in [2.45, 2.75) is 11.9 Å². The van der Waals surface area contributed by atoms with Crippen LogP contribution in [0.2, 0.25) is 0 Å². The number of thioether (sulfide) groups is 1. The molecule has 0 bridgehead atoms. The molecule has 0 heterocycles. The summed E-state index contributed by atoms with van der Waals surface area (Å²) < 4.78 is 59.0. The van der Waals surface area contributed by atoms with Crippen LogP contribution in [-0.4, -0.2) is 23.4 Å². The van der Waals surface area contributed by atoms with E-state index in [9.17, 15) is 22.4 Å². The van der Waals surface area contributed by atoms with Crippen molar-refractivity contribution in [2.75, 3.05) is 12.4 Å². The van der Waals surface area contributed by atoms with Crippen LogP contribution in [0, 0.1) is 11.6 Å². The van der Waals surface area contributed by atoms with Crippen molar-refractivity contribution in [1.29, 1.82) is 0 Å². The van der Waals surface area contributed by atoms with Crippen LogP contribution in [0.25, 0.3) is 0 Å². The summed E-state index contributed by atoms with van der Waals surface area (Å²) in [6.45, 7) is 0.121. The molecule has 2 aromatic rings. The Balaban J connectivity index is 1.79. The average Bonchev–Trinajstić information content (AvgIpc) is 2.56. The van der Waals surface area contributed by atoms with Crippen molar-refractivity contribution < 1.29 is 27.1 Å². The Kier molecular flexibility index (Phi) is 6.39. The molecule has 7 heteroatoms. The van der Waals surface area contributed by atoms with Crippen LogP contribution in [0.15, 0.2) is 48.5 Å². The van der Waals surface area contributed by atoms with E-state index in [4.69, 9.17) is 4.74 Å². The van der Waals surface area contributed by atoms with Gasteiger partial charge in [0.25, 0.3) is 0 Å². The van der Waals surface area contributed by atoms with Crippen molar-refractivity contribution in [3.63, 3.8) is 0 Å². The Morgan fingerprint density at radius 1 is 1.04 bits per heavy atom. The number of Topliss-reactive ketones (excluding diaryl/α,β-unsaturated/α-hetero) is 1. The van der Waals surface area contributed by atoms with Gasteiger partial charge in [-0.25, -0.2) is 8.78 Å². The van der Waals surface area contributed by atoms with E-state index in [-0.39, 0.29) is 36.5 Å². The predicted octanol–water partition coefficient (Wildman–Crippen LogP) is 4.69. The molecule has 0 saturated heterocycles. The molecule has 2 aromatic carbocycles. The monoisotopic (exact) mass is 358 g/mol. The molecule has 0 N–H and O–H groups in total. The third-order valence-corrected chi connectivity index (χ3v) is 3.99. The summed E-state index contributed by atoms with van der Waals surface area (Å²) >= 11 is 0.0934. The second-order valence-corrected chi connectivity index (χ2v) is 6.06. The molecule has 0 aliphatic carbocycles. The topological polar surface area (TPSA) is 26.3 Å². The number of halogens is 4. The minimum atomic E-state index is -3.73. The van der Waals surface area contributed by atoms with E-state index >= 15 is 0 Å². The van der Waals surface area contributed by atoms with E-state index < -0.39 is 22.4 Å². The molecule has 0 aliphatic heterocycles. The van der Waals surface area contributed by atoms with E-state index in [0.717, 1.165) is 12.1 Å². The van der Waals surface area contributed by atoms with Gasteiger partial charge in [-0.05, 0) is 29.8 Å². The zero-order valence-electron chi connectivity index (χ0n) is 12.5. The number of hydrogen-bond acceptors (Lipinski definition) is 3. The number of hydrogen-bond donors (Lipinski definition) is 0. The zero-order valence-corrected chi connectivity index (χ0v) is 13.3. The Hall–Kier alpha value is -1.86. The third kappa shape index (κ3) is 5.07. The second-order valence-electron chi connectivity index (χ2n) is 4.85. The van der Waals surface area contributed by atoms with Crippen molar-refractivity contribution in [3.8, 4) is 0 Å². The molecule has 0 amide bonds. The number of alkyl halides is 2. The molecule has 24 heavy (non-hydrogen) atoms. The molecule has 0 unspecified atom stereocenters. The quantitative estimate of drug-likeness (QED) is 0.389. The molecule has 128 valence electrons. The summed E-state index contributed by atoms with van der Waals surface area (Å²) in [5.74, 6) is -3.06. The first-order valence-electron chi connectivity index (χ1n) is 7.03. The molecule has 0 aliphatic rings. The molecular formula is C17H14F4O2S. The fraction of sp³-hybridized carbons (Fsp3) is 0.235. The van der Waals surface area contributed by atoms with Crippen LogP contribution < -0.4 is 0 Å². The highest BCUT2D eigenvalue weighted by atomic mass is 32.2. The van der Waals surface area contributed by atoms with Gasteiger partial charge in [-0.3, -0.25) is 4.79 Å². The maximum atomic E-state index is 13.8. The largest absolute Gasteiger partial charge is 0.376 e. The highest BCUT2D eigenvalue weighted by molar-refractivity contribution is 8.01. The van der Waals surface area contributed by atoms with Crippen molar-refractivity contribution in [2.24, 2.45) is 0 Å². The number of carbonyl (C=O) groups excluding carboxylic acids is 1. The highest BCUT2D eigenvalue weighted by Gasteiger charge is 2.40. The van der Waals surface area contributed by atoms with Gasteiger partial charge in [-0.15, -0.1) is 0 Å². The first-order chi connectivity index (χ1) is 11.4. The lowest BCUT2D eigenvalue weighted by molar-refractivity contribution is 0.0559. The SMILES string of the molecule is O=C(c1ccccc1F)C(F)(F)SCCOCc1ccc(F)cc1. The molecule has 0 fully saturated rings. The average molecular weight is 358 g/mol. The predicted molar refractivity (Wildman–Crippen MR) is 84.2 cm³/mol. The van der Waals surface area contributed by atoms with E-state index in [2.05, 4.69) is 0 Å². The van der Waals surface area contributed by atoms with Crippen molar-refractivity contribution in [3.05, 3.63) is 71.3 Å². The summed E-state index contributed by atoms with van der Waals surface area (Å²) in [6, 6.07) is 10.2. The van der Waals surface area contributed by atoms with Gasteiger partial charge in [-0.1, -0.05) is 36.0 Å². The van der Waals surface area contributed by atoms with Crippen LogP contribution >= 0.6 is 11.8 Å². The van der Waals surface area contributed by atoms with E-state index in [1.54, 1.807) is 0 Å². The second kappa shape index (κ2) is 8.30. The molecule has 0 saturated carbocycles. The number of ketones is 1. The summed E-state index contributed by atoms with van der Waals surface area (Å²) in [4.78, 5) is 11.7. The minimum Gasteiger partial charge on any atom is -0.376 e. The van der Waals surface area contributed by atoms with E-state index in [1.807, 2.05) is 0 Å².